The van der Waals surface area contributed by atoms with E-state index in [1.54, 1.807) is 12.1 Å². The Balaban J connectivity index is 2.37. The zero-order valence-corrected chi connectivity index (χ0v) is 12.9. The molecule has 0 saturated heterocycles. The molecule has 1 atom stereocenters. The van der Waals surface area contributed by atoms with Crippen LogP contribution in [0.2, 0.25) is 0 Å². The number of nitrogens with zero attached hydrogens (tertiary/aromatic N) is 2. The van der Waals surface area contributed by atoms with Crippen LogP contribution < -0.4 is 0 Å². The smallest absolute Gasteiger partial charge is 0.237 e. The highest BCUT2D eigenvalue weighted by molar-refractivity contribution is 9.10. The van der Waals surface area contributed by atoms with Crippen LogP contribution in [-0.2, 0) is 4.79 Å². The summed E-state index contributed by atoms with van der Waals surface area (Å²) < 4.78 is 18.7. The van der Waals surface area contributed by atoms with E-state index < -0.39 is 5.92 Å². The van der Waals surface area contributed by atoms with Crippen LogP contribution in [0.5, 0.6) is 0 Å². The van der Waals surface area contributed by atoms with Crippen molar-refractivity contribution in [2.24, 2.45) is 5.92 Å². The maximum absolute atomic E-state index is 13.2. The van der Waals surface area contributed by atoms with Gasteiger partial charge in [0.1, 0.15) is 11.6 Å². The second-order valence-corrected chi connectivity index (χ2v) is 5.77. The van der Waals surface area contributed by atoms with Crippen LogP contribution in [0.4, 0.5) is 4.39 Å². The molecule has 4 nitrogen and oxygen atoms in total. The molecule has 20 heavy (non-hydrogen) atoms. The summed E-state index contributed by atoms with van der Waals surface area (Å²) in [5.74, 6) is -0.0896. The number of halogens is 2. The molecule has 0 bridgehead atoms. The fourth-order valence-electron chi connectivity index (χ4n) is 2.04. The van der Waals surface area contributed by atoms with Crippen LogP contribution in [0.15, 0.2) is 27.2 Å². The van der Waals surface area contributed by atoms with Crippen LogP contribution in [-0.4, -0.2) is 15.9 Å². The van der Waals surface area contributed by atoms with Gasteiger partial charge in [-0.05, 0) is 47.0 Å². The van der Waals surface area contributed by atoms with Gasteiger partial charge in [-0.2, -0.15) is 4.98 Å². The molecule has 106 valence electrons. The molecule has 0 spiro atoms. The number of Topliss-reactive ketones (excluding diaryl/α,β-unsaturated/α-hetero) is 1. The monoisotopic (exact) mass is 340 g/mol. The van der Waals surface area contributed by atoms with Crippen LogP contribution in [0, 0.1) is 11.7 Å². The van der Waals surface area contributed by atoms with Gasteiger partial charge in [-0.15, -0.1) is 0 Å². The summed E-state index contributed by atoms with van der Waals surface area (Å²) in [7, 11) is 0. The lowest BCUT2D eigenvalue weighted by Gasteiger charge is -2.12. The molecule has 1 aromatic carbocycles. The van der Waals surface area contributed by atoms with Gasteiger partial charge in [-0.3, -0.25) is 4.79 Å². The number of carbonyl (C=O) groups excluding carboxylic acids is 1. The summed E-state index contributed by atoms with van der Waals surface area (Å²) in [6.45, 7) is 5.35. The minimum Gasteiger partial charge on any atom is -0.338 e. The molecule has 1 heterocycles. The van der Waals surface area contributed by atoms with Crippen molar-refractivity contribution in [3.63, 3.8) is 0 Å². The van der Waals surface area contributed by atoms with E-state index >= 15 is 0 Å². The van der Waals surface area contributed by atoms with Crippen molar-refractivity contribution < 1.29 is 13.7 Å². The molecule has 0 aliphatic rings. The van der Waals surface area contributed by atoms with Crippen molar-refractivity contribution in [2.75, 3.05) is 0 Å². The van der Waals surface area contributed by atoms with Crippen molar-refractivity contribution in [2.45, 2.75) is 26.7 Å². The summed E-state index contributed by atoms with van der Waals surface area (Å²) >= 11 is 3.11. The lowest BCUT2D eigenvalue weighted by Crippen LogP contribution is -2.15. The van der Waals surface area contributed by atoms with E-state index in [9.17, 15) is 9.18 Å². The first kappa shape index (κ1) is 14.8. The number of hydrogen-bond acceptors (Lipinski definition) is 4. The van der Waals surface area contributed by atoms with Gasteiger partial charge in [0.05, 0.1) is 10.4 Å². The van der Waals surface area contributed by atoms with E-state index in [0.717, 1.165) is 0 Å². The molecule has 0 aliphatic carbocycles. The summed E-state index contributed by atoms with van der Waals surface area (Å²) in [4.78, 5) is 15.9. The maximum atomic E-state index is 13.2. The quantitative estimate of drug-likeness (QED) is 0.844. The highest BCUT2D eigenvalue weighted by Crippen LogP contribution is 2.28. The first-order valence-corrected chi connectivity index (χ1v) is 6.99. The zero-order valence-electron chi connectivity index (χ0n) is 11.4. The van der Waals surface area contributed by atoms with E-state index in [1.165, 1.54) is 13.0 Å². The lowest BCUT2D eigenvalue weighted by atomic mass is 9.92. The highest BCUT2D eigenvalue weighted by Gasteiger charge is 2.27. The summed E-state index contributed by atoms with van der Waals surface area (Å²) in [5, 5.41) is 3.86. The standard InChI is InChI=1S/C14H14BrFN2O2/c1-7(2)12(8(3)19)14-17-13(18-20-14)9-4-5-11(16)10(15)6-9/h4-7,12H,1-3H3. The highest BCUT2D eigenvalue weighted by atomic mass is 79.9. The molecular formula is C14H14BrFN2O2. The predicted molar refractivity (Wildman–Crippen MR) is 75.7 cm³/mol. The number of carbonyl (C=O) groups is 1. The number of ketones is 1. The molecule has 1 aromatic heterocycles. The predicted octanol–water partition coefficient (Wildman–Crippen LogP) is 3.97. The van der Waals surface area contributed by atoms with Crippen molar-refractivity contribution in [3.8, 4) is 11.4 Å². The summed E-state index contributed by atoms with van der Waals surface area (Å²) in [5.41, 5.74) is 0.624. The number of rotatable bonds is 4. The first-order chi connectivity index (χ1) is 9.40. The molecule has 6 heteroatoms. The molecular weight excluding hydrogens is 327 g/mol. The summed E-state index contributed by atoms with van der Waals surface area (Å²) in [6.07, 6.45) is 0. The average Bonchev–Trinajstić information content (AvgIpc) is 2.81. The van der Waals surface area contributed by atoms with Crippen molar-refractivity contribution in [1.82, 2.24) is 10.1 Å². The molecule has 0 amide bonds. The third kappa shape index (κ3) is 2.95. The molecule has 1 unspecified atom stereocenters. The largest absolute Gasteiger partial charge is 0.338 e. The molecule has 0 N–H and O–H groups in total. The number of benzene rings is 1. The van der Waals surface area contributed by atoms with E-state index in [2.05, 4.69) is 26.1 Å². The number of hydrogen-bond donors (Lipinski definition) is 0. The Morgan fingerprint density at radius 2 is 2.10 bits per heavy atom. The molecule has 0 aliphatic heterocycles. The van der Waals surface area contributed by atoms with Gasteiger partial charge in [0.2, 0.25) is 11.7 Å². The van der Waals surface area contributed by atoms with E-state index in [0.29, 0.717) is 21.8 Å². The lowest BCUT2D eigenvalue weighted by molar-refractivity contribution is -0.119. The van der Waals surface area contributed by atoms with Crippen molar-refractivity contribution >= 4 is 21.7 Å². The van der Waals surface area contributed by atoms with Gasteiger partial charge in [-0.1, -0.05) is 19.0 Å². The van der Waals surface area contributed by atoms with Crippen LogP contribution in [0.1, 0.15) is 32.6 Å². The minimum absolute atomic E-state index is 0.0181. The van der Waals surface area contributed by atoms with Crippen molar-refractivity contribution in [3.05, 3.63) is 34.4 Å². The van der Waals surface area contributed by atoms with Crippen LogP contribution >= 0.6 is 15.9 Å². The van der Waals surface area contributed by atoms with E-state index in [-0.39, 0.29) is 17.5 Å². The van der Waals surface area contributed by atoms with E-state index in [1.807, 2.05) is 13.8 Å². The third-order valence-corrected chi connectivity index (χ3v) is 3.60. The Bertz CT molecular complexity index is 640. The summed E-state index contributed by atoms with van der Waals surface area (Å²) in [6, 6.07) is 4.45. The van der Waals surface area contributed by atoms with Gasteiger partial charge in [0.15, 0.2) is 0 Å². The van der Waals surface area contributed by atoms with Gasteiger partial charge in [0.25, 0.3) is 0 Å². The first-order valence-electron chi connectivity index (χ1n) is 6.19. The molecule has 0 fully saturated rings. The zero-order chi connectivity index (χ0) is 14.9. The van der Waals surface area contributed by atoms with Gasteiger partial charge in [-0.25, -0.2) is 4.39 Å². The normalized spacial score (nSPS) is 12.7. The molecule has 2 aromatic rings. The Labute approximate surface area is 124 Å². The fourth-order valence-corrected chi connectivity index (χ4v) is 2.42. The number of aromatic nitrogens is 2. The Morgan fingerprint density at radius 3 is 2.65 bits per heavy atom. The van der Waals surface area contributed by atoms with Crippen molar-refractivity contribution in [1.29, 1.82) is 0 Å². The Hall–Kier alpha value is -1.56. The van der Waals surface area contributed by atoms with Crippen LogP contribution in [0.3, 0.4) is 0 Å². The fraction of sp³-hybridized carbons (Fsp3) is 0.357. The SMILES string of the molecule is CC(=O)C(c1nc(-c2ccc(F)c(Br)c2)no1)C(C)C. The molecule has 0 saturated carbocycles. The Morgan fingerprint density at radius 1 is 1.40 bits per heavy atom. The third-order valence-electron chi connectivity index (χ3n) is 2.99. The minimum atomic E-state index is -0.417. The molecule has 2 rings (SSSR count). The average molecular weight is 341 g/mol. The van der Waals surface area contributed by atoms with Gasteiger partial charge >= 0.3 is 0 Å². The second kappa shape index (κ2) is 5.83. The van der Waals surface area contributed by atoms with Gasteiger partial charge in [0, 0.05) is 5.56 Å². The topological polar surface area (TPSA) is 56.0 Å². The Kier molecular flexibility index (Phi) is 4.32. The van der Waals surface area contributed by atoms with Crippen LogP contribution in [0.25, 0.3) is 11.4 Å². The second-order valence-electron chi connectivity index (χ2n) is 4.92. The van der Waals surface area contributed by atoms with Gasteiger partial charge < -0.3 is 4.52 Å². The maximum Gasteiger partial charge on any atom is 0.237 e. The molecule has 0 radical (unpaired) electrons. The van der Waals surface area contributed by atoms with E-state index in [4.69, 9.17) is 4.52 Å².